The Hall–Kier alpha value is -1.43. The molecule has 2 atom stereocenters. The van der Waals surface area contributed by atoms with E-state index in [1.807, 2.05) is 42.2 Å². The molecule has 0 bridgehead atoms. The number of methoxy groups -OCH3 is 2. The molecular formula is C16H24N2O3. The normalized spacial score (nSPS) is 25.6. The van der Waals surface area contributed by atoms with Crippen LogP contribution in [-0.4, -0.2) is 51.5 Å². The van der Waals surface area contributed by atoms with Gasteiger partial charge in [0.25, 0.3) is 5.91 Å². The number of carbonyl (C=O) groups excluding carboxylic acids is 1. The monoisotopic (exact) mass is 292 g/mol. The van der Waals surface area contributed by atoms with Gasteiger partial charge in [0.15, 0.2) is 0 Å². The van der Waals surface area contributed by atoms with Gasteiger partial charge >= 0.3 is 0 Å². The lowest BCUT2D eigenvalue weighted by molar-refractivity contribution is -0.125. The number of rotatable bonds is 5. The minimum absolute atomic E-state index is 0.0196. The smallest absolute Gasteiger partial charge is 0.253 e. The van der Waals surface area contributed by atoms with E-state index < -0.39 is 5.60 Å². The van der Waals surface area contributed by atoms with Crippen LogP contribution in [0.25, 0.3) is 0 Å². The van der Waals surface area contributed by atoms with Gasteiger partial charge in [0.05, 0.1) is 11.6 Å². The fourth-order valence-electron chi connectivity index (χ4n) is 2.89. The molecule has 1 heterocycles. The first-order valence-corrected chi connectivity index (χ1v) is 7.24. The summed E-state index contributed by atoms with van der Waals surface area (Å²) in [7, 11) is 3.24. The Balaban J connectivity index is 2.36. The number of benzene rings is 1. The zero-order chi connectivity index (χ0) is 15.3. The van der Waals surface area contributed by atoms with Gasteiger partial charge in [0, 0.05) is 26.5 Å². The molecule has 0 aromatic heterocycles. The van der Waals surface area contributed by atoms with Crippen molar-refractivity contribution < 1.29 is 14.3 Å². The van der Waals surface area contributed by atoms with Gasteiger partial charge in [-0.2, -0.15) is 0 Å². The van der Waals surface area contributed by atoms with Crippen molar-refractivity contribution >= 4 is 11.6 Å². The van der Waals surface area contributed by atoms with Gasteiger partial charge in [-0.05, 0) is 32.0 Å². The zero-order valence-electron chi connectivity index (χ0n) is 13.0. The number of hydrogen-bond donors (Lipinski definition) is 1. The first-order chi connectivity index (χ1) is 10.1. The van der Waals surface area contributed by atoms with E-state index in [4.69, 9.17) is 9.47 Å². The lowest BCUT2D eigenvalue weighted by atomic mass is 9.88. The average molecular weight is 292 g/mol. The summed E-state index contributed by atoms with van der Waals surface area (Å²) in [6.07, 6.45) is 0.842. The van der Waals surface area contributed by atoms with Crippen molar-refractivity contribution in [3.05, 3.63) is 30.3 Å². The molecule has 116 valence electrons. The molecular weight excluding hydrogens is 268 g/mol. The zero-order valence-corrected chi connectivity index (χ0v) is 13.0. The Labute approximate surface area is 126 Å². The van der Waals surface area contributed by atoms with Crippen molar-refractivity contribution in [1.29, 1.82) is 0 Å². The first-order valence-electron chi connectivity index (χ1n) is 7.24. The van der Waals surface area contributed by atoms with Crippen LogP contribution in [0.1, 0.15) is 13.3 Å². The summed E-state index contributed by atoms with van der Waals surface area (Å²) in [5.74, 6) is -0.0427. The van der Waals surface area contributed by atoms with Crippen LogP contribution in [0.2, 0.25) is 0 Å². The topological polar surface area (TPSA) is 50.8 Å². The van der Waals surface area contributed by atoms with Gasteiger partial charge in [0.2, 0.25) is 0 Å². The minimum Gasteiger partial charge on any atom is -0.375 e. The van der Waals surface area contributed by atoms with Gasteiger partial charge in [-0.3, -0.25) is 4.79 Å². The van der Waals surface area contributed by atoms with Gasteiger partial charge in [-0.15, -0.1) is 0 Å². The second kappa shape index (κ2) is 7.02. The standard InChI is InChI=1S/C16H24N2O3/c1-16(21-3)12-17-10-9-14(16)18(15(19)11-20-2)13-7-5-4-6-8-13/h4-8,14,17H,9-12H2,1-3H3. The Morgan fingerprint density at radius 1 is 1.38 bits per heavy atom. The van der Waals surface area contributed by atoms with E-state index >= 15 is 0 Å². The fraction of sp³-hybridized carbons (Fsp3) is 0.562. The Kier molecular flexibility index (Phi) is 5.33. The van der Waals surface area contributed by atoms with Crippen molar-refractivity contribution in [1.82, 2.24) is 5.32 Å². The predicted octanol–water partition coefficient (Wildman–Crippen LogP) is 1.43. The third-order valence-corrected chi connectivity index (χ3v) is 4.12. The van der Waals surface area contributed by atoms with E-state index in [2.05, 4.69) is 5.32 Å². The quantitative estimate of drug-likeness (QED) is 0.892. The number of piperidine rings is 1. The molecule has 2 rings (SSSR count). The SMILES string of the molecule is COCC(=O)N(c1ccccc1)C1CCNCC1(C)OC. The number of hydrogen-bond acceptors (Lipinski definition) is 4. The molecule has 1 aliphatic rings. The van der Waals surface area contributed by atoms with Gasteiger partial charge in [-0.1, -0.05) is 18.2 Å². The highest BCUT2D eigenvalue weighted by atomic mass is 16.5. The Bertz CT molecular complexity index is 466. The number of anilines is 1. The molecule has 0 radical (unpaired) electrons. The first kappa shape index (κ1) is 15.9. The highest BCUT2D eigenvalue weighted by Gasteiger charge is 2.42. The average Bonchev–Trinajstić information content (AvgIpc) is 2.51. The van der Waals surface area contributed by atoms with E-state index in [9.17, 15) is 4.79 Å². The van der Waals surface area contributed by atoms with Gasteiger partial charge in [-0.25, -0.2) is 0 Å². The predicted molar refractivity (Wildman–Crippen MR) is 82.5 cm³/mol. The molecule has 0 spiro atoms. The van der Waals surface area contributed by atoms with Crippen LogP contribution in [0.4, 0.5) is 5.69 Å². The molecule has 1 amide bonds. The van der Waals surface area contributed by atoms with E-state index in [-0.39, 0.29) is 18.6 Å². The summed E-state index contributed by atoms with van der Waals surface area (Å²) in [6.45, 7) is 3.70. The molecule has 0 saturated carbocycles. The number of nitrogens with zero attached hydrogens (tertiary/aromatic N) is 1. The summed E-state index contributed by atoms with van der Waals surface area (Å²) < 4.78 is 10.8. The number of amides is 1. The highest BCUT2D eigenvalue weighted by Crippen LogP contribution is 2.29. The van der Waals surface area contributed by atoms with Gasteiger partial charge < -0.3 is 19.7 Å². The van der Waals surface area contributed by atoms with Crippen LogP contribution in [0, 0.1) is 0 Å². The van der Waals surface area contributed by atoms with E-state index in [1.54, 1.807) is 14.2 Å². The second-order valence-corrected chi connectivity index (χ2v) is 5.53. The maximum absolute atomic E-state index is 12.6. The van der Waals surface area contributed by atoms with Crippen LogP contribution in [0.5, 0.6) is 0 Å². The van der Waals surface area contributed by atoms with E-state index in [0.717, 1.165) is 25.2 Å². The fourth-order valence-corrected chi connectivity index (χ4v) is 2.89. The third-order valence-electron chi connectivity index (χ3n) is 4.12. The molecule has 1 saturated heterocycles. The molecule has 21 heavy (non-hydrogen) atoms. The van der Waals surface area contributed by atoms with Crippen LogP contribution < -0.4 is 10.2 Å². The molecule has 1 aliphatic heterocycles. The van der Waals surface area contributed by atoms with Crippen LogP contribution in [0.15, 0.2) is 30.3 Å². The van der Waals surface area contributed by atoms with Crippen molar-refractivity contribution in [3.8, 4) is 0 Å². The van der Waals surface area contributed by atoms with E-state index in [1.165, 1.54) is 0 Å². The third kappa shape index (κ3) is 3.43. The van der Waals surface area contributed by atoms with Crippen LogP contribution in [-0.2, 0) is 14.3 Å². The highest BCUT2D eigenvalue weighted by molar-refractivity contribution is 5.95. The summed E-state index contributed by atoms with van der Waals surface area (Å²) in [5.41, 5.74) is 0.465. The molecule has 2 unspecified atom stereocenters. The Morgan fingerprint density at radius 2 is 2.10 bits per heavy atom. The number of ether oxygens (including phenoxy) is 2. The largest absolute Gasteiger partial charge is 0.375 e. The maximum atomic E-state index is 12.6. The van der Waals surface area contributed by atoms with Crippen molar-refractivity contribution in [3.63, 3.8) is 0 Å². The van der Waals surface area contributed by atoms with Crippen molar-refractivity contribution in [2.75, 3.05) is 38.8 Å². The van der Waals surface area contributed by atoms with E-state index in [0.29, 0.717) is 0 Å². The molecule has 1 N–H and O–H groups in total. The summed E-state index contributed by atoms with van der Waals surface area (Å²) in [6, 6.07) is 9.70. The molecule has 5 heteroatoms. The summed E-state index contributed by atoms with van der Waals surface area (Å²) >= 11 is 0. The second-order valence-electron chi connectivity index (χ2n) is 5.53. The molecule has 1 aromatic carbocycles. The van der Waals surface area contributed by atoms with Gasteiger partial charge in [0.1, 0.15) is 6.61 Å². The molecule has 0 aliphatic carbocycles. The lowest BCUT2D eigenvalue weighted by Crippen LogP contribution is -2.63. The summed E-state index contributed by atoms with van der Waals surface area (Å²) in [5, 5.41) is 3.34. The number of nitrogens with one attached hydrogen (secondary N) is 1. The number of carbonyl (C=O) groups is 1. The van der Waals surface area contributed by atoms with Crippen LogP contribution >= 0.6 is 0 Å². The minimum atomic E-state index is -0.419. The number of para-hydroxylation sites is 1. The van der Waals surface area contributed by atoms with Crippen molar-refractivity contribution in [2.45, 2.75) is 25.0 Å². The summed E-state index contributed by atoms with van der Waals surface area (Å²) in [4.78, 5) is 14.4. The lowest BCUT2D eigenvalue weighted by Gasteiger charge is -2.46. The molecule has 1 aromatic rings. The van der Waals surface area contributed by atoms with Crippen molar-refractivity contribution in [2.24, 2.45) is 0 Å². The molecule has 1 fully saturated rings. The molecule has 5 nitrogen and oxygen atoms in total. The van der Waals surface area contributed by atoms with Crippen LogP contribution in [0.3, 0.4) is 0 Å². The Morgan fingerprint density at radius 3 is 2.71 bits per heavy atom. The maximum Gasteiger partial charge on any atom is 0.253 e.